The Balaban J connectivity index is 1.85. The molecule has 0 spiro atoms. The molecule has 0 aromatic carbocycles. The van der Waals surface area contributed by atoms with E-state index in [2.05, 4.69) is 9.80 Å². The number of carboxylic acids is 1. The van der Waals surface area contributed by atoms with Crippen molar-refractivity contribution in [3.8, 4) is 0 Å². The van der Waals surface area contributed by atoms with E-state index in [4.69, 9.17) is 5.11 Å². The fraction of sp³-hybridized carbons (Fsp3) is 0.583. The number of likely N-dealkylation sites (N-methyl/N-ethyl adjacent to an activating group) is 1. The Morgan fingerprint density at radius 3 is 2.82 bits per heavy atom. The molecular weight excluding hydrogens is 236 g/mol. The van der Waals surface area contributed by atoms with E-state index < -0.39 is 5.97 Å². The van der Waals surface area contributed by atoms with Crippen LogP contribution in [0.5, 0.6) is 0 Å². The number of nitrogens with zero attached hydrogens (tertiary/aromatic N) is 2. The summed E-state index contributed by atoms with van der Waals surface area (Å²) in [6.07, 6.45) is 2.62. The van der Waals surface area contributed by atoms with Crippen molar-refractivity contribution in [1.82, 2.24) is 4.90 Å². The fourth-order valence-corrected chi connectivity index (χ4v) is 2.85. The second-order valence-electron chi connectivity index (χ2n) is 4.44. The Morgan fingerprint density at radius 2 is 2.24 bits per heavy atom. The maximum absolute atomic E-state index is 10.8. The summed E-state index contributed by atoms with van der Waals surface area (Å²) < 4.78 is 0. The summed E-state index contributed by atoms with van der Waals surface area (Å²) in [4.78, 5) is 15.8. The van der Waals surface area contributed by atoms with E-state index in [1.165, 1.54) is 37.3 Å². The molecule has 1 aromatic rings. The van der Waals surface area contributed by atoms with Gasteiger partial charge in [-0.2, -0.15) is 0 Å². The van der Waals surface area contributed by atoms with Crippen molar-refractivity contribution < 1.29 is 9.90 Å². The molecule has 2 heterocycles. The summed E-state index contributed by atoms with van der Waals surface area (Å²) in [6, 6.07) is 1.75. The van der Waals surface area contributed by atoms with Crippen LogP contribution in [-0.4, -0.2) is 49.2 Å². The molecule has 17 heavy (non-hydrogen) atoms. The fourth-order valence-electron chi connectivity index (χ4n) is 2.07. The Labute approximate surface area is 105 Å². The van der Waals surface area contributed by atoms with Crippen LogP contribution in [0.4, 0.5) is 5.69 Å². The van der Waals surface area contributed by atoms with Gasteiger partial charge in [-0.1, -0.05) is 0 Å². The molecule has 5 heteroatoms. The van der Waals surface area contributed by atoms with Crippen LogP contribution in [0.25, 0.3) is 0 Å². The first kappa shape index (κ1) is 12.4. The van der Waals surface area contributed by atoms with Gasteiger partial charge in [-0.3, -0.25) is 0 Å². The molecule has 0 radical (unpaired) electrons. The van der Waals surface area contributed by atoms with E-state index in [1.807, 2.05) is 12.4 Å². The van der Waals surface area contributed by atoms with Crippen molar-refractivity contribution in [3.63, 3.8) is 0 Å². The van der Waals surface area contributed by atoms with Crippen LogP contribution in [0.15, 0.2) is 11.4 Å². The molecule has 94 valence electrons. The molecule has 1 aromatic heterocycles. The van der Waals surface area contributed by atoms with Crippen LogP contribution in [0, 0.1) is 0 Å². The maximum atomic E-state index is 10.8. The van der Waals surface area contributed by atoms with Crippen molar-refractivity contribution in [1.29, 1.82) is 0 Å². The van der Waals surface area contributed by atoms with Gasteiger partial charge in [0.05, 0.1) is 0 Å². The van der Waals surface area contributed by atoms with Gasteiger partial charge in [0.25, 0.3) is 0 Å². The van der Waals surface area contributed by atoms with Gasteiger partial charge in [0.1, 0.15) is 4.88 Å². The van der Waals surface area contributed by atoms with E-state index >= 15 is 0 Å². The smallest absolute Gasteiger partial charge is 0.345 e. The maximum Gasteiger partial charge on any atom is 0.345 e. The van der Waals surface area contributed by atoms with E-state index in [0.717, 1.165) is 18.8 Å². The topological polar surface area (TPSA) is 43.8 Å². The normalized spacial score (nSPS) is 16.3. The SMILES string of the molecule is CN(CCN1CCCC1)c1csc(C(=O)O)c1. The zero-order valence-electron chi connectivity index (χ0n) is 10.1. The minimum Gasteiger partial charge on any atom is -0.477 e. The molecule has 0 atom stereocenters. The lowest BCUT2D eigenvalue weighted by Crippen LogP contribution is -2.31. The highest BCUT2D eigenvalue weighted by molar-refractivity contribution is 7.12. The van der Waals surface area contributed by atoms with Gasteiger partial charge in [0, 0.05) is 31.2 Å². The summed E-state index contributed by atoms with van der Waals surface area (Å²) >= 11 is 1.29. The summed E-state index contributed by atoms with van der Waals surface area (Å²) in [5.41, 5.74) is 1.01. The van der Waals surface area contributed by atoms with Crippen molar-refractivity contribution in [3.05, 3.63) is 16.3 Å². The van der Waals surface area contributed by atoms with Gasteiger partial charge in [-0.05, 0) is 32.0 Å². The standard InChI is InChI=1S/C12H18N2O2S/c1-13(6-7-14-4-2-3-5-14)10-8-11(12(15)16)17-9-10/h8-9H,2-7H2,1H3,(H,15,16). The first-order valence-corrected chi connectivity index (χ1v) is 6.80. The third-order valence-electron chi connectivity index (χ3n) is 3.19. The van der Waals surface area contributed by atoms with Gasteiger partial charge in [0.2, 0.25) is 0 Å². The monoisotopic (exact) mass is 254 g/mol. The molecule has 0 amide bonds. The molecule has 1 fully saturated rings. The Hall–Kier alpha value is -1.07. The van der Waals surface area contributed by atoms with E-state index in [-0.39, 0.29) is 0 Å². The van der Waals surface area contributed by atoms with Crippen molar-refractivity contribution >= 4 is 23.0 Å². The van der Waals surface area contributed by atoms with Crippen LogP contribution in [0.1, 0.15) is 22.5 Å². The Morgan fingerprint density at radius 1 is 1.53 bits per heavy atom. The zero-order chi connectivity index (χ0) is 12.3. The predicted octanol–water partition coefficient (Wildman–Crippen LogP) is 1.98. The number of carboxylic acid groups (broad SMARTS) is 1. The molecule has 2 rings (SSSR count). The first-order valence-electron chi connectivity index (χ1n) is 5.92. The van der Waals surface area contributed by atoms with E-state index in [0.29, 0.717) is 4.88 Å². The molecule has 1 saturated heterocycles. The highest BCUT2D eigenvalue weighted by Crippen LogP contribution is 2.22. The highest BCUT2D eigenvalue weighted by Gasteiger charge is 2.13. The molecule has 1 N–H and O–H groups in total. The number of thiophene rings is 1. The molecule has 1 aliphatic heterocycles. The molecular formula is C12H18N2O2S. The largest absolute Gasteiger partial charge is 0.477 e. The van der Waals surface area contributed by atoms with E-state index in [9.17, 15) is 4.79 Å². The summed E-state index contributed by atoms with van der Waals surface area (Å²) in [5, 5.41) is 10.8. The average molecular weight is 254 g/mol. The van der Waals surface area contributed by atoms with Crippen LogP contribution in [-0.2, 0) is 0 Å². The van der Waals surface area contributed by atoms with Crippen LogP contribution in [0.3, 0.4) is 0 Å². The van der Waals surface area contributed by atoms with Crippen molar-refractivity contribution in [2.24, 2.45) is 0 Å². The molecule has 4 nitrogen and oxygen atoms in total. The number of rotatable bonds is 5. The van der Waals surface area contributed by atoms with Crippen molar-refractivity contribution in [2.45, 2.75) is 12.8 Å². The first-order chi connectivity index (χ1) is 8.16. The quantitative estimate of drug-likeness (QED) is 0.872. The molecule has 0 bridgehead atoms. The average Bonchev–Trinajstić information content (AvgIpc) is 2.96. The summed E-state index contributed by atoms with van der Waals surface area (Å²) in [6.45, 7) is 4.43. The summed E-state index contributed by atoms with van der Waals surface area (Å²) in [7, 11) is 2.02. The van der Waals surface area contributed by atoms with Crippen LogP contribution < -0.4 is 4.90 Å². The lowest BCUT2D eigenvalue weighted by Gasteiger charge is -2.21. The number of hydrogen-bond donors (Lipinski definition) is 1. The number of aromatic carboxylic acids is 1. The highest BCUT2D eigenvalue weighted by atomic mass is 32.1. The number of anilines is 1. The second kappa shape index (κ2) is 5.51. The third kappa shape index (κ3) is 3.20. The lowest BCUT2D eigenvalue weighted by molar-refractivity contribution is 0.0702. The van der Waals surface area contributed by atoms with Gasteiger partial charge < -0.3 is 14.9 Å². The summed E-state index contributed by atoms with van der Waals surface area (Å²) in [5.74, 6) is -0.839. The Bertz CT molecular complexity index is 386. The molecule has 0 unspecified atom stereocenters. The zero-order valence-corrected chi connectivity index (χ0v) is 10.9. The minimum atomic E-state index is -0.839. The second-order valence-corrected chi connectivity index (χ2v) is 5.36. The predicted molar refractivity (Wildman–Crippen MR) is 70.2 cm³/mol. The van der Waals surface area contributed by atoms with Gasteiger partial charge in [0.15, 0.2) is 0 Å². The van der Waals surface area contributed by atoms with Crippen LogP contribution >= 0.6 is 11.3 Å². The molecule has 0 saturated carbocycles. The lowest BCUT2D eigenvalue weighted by atomic mass is 10.4. The third-order valence-corrected chi connectivity index (χ3v) is 4.09. The molecule has 1 aliphatic rings. The van der Waals surface area contributed by atoms with E-state index in [1.54, 1.807) is 6.07 Å². The Kier molecular flexibility index (Phi) is 4.02. The van der Waals surface area contributed by atoms with Gasteiger partial charge in [-0.25, -0.2) is 4.79 Å². The number of carbonyl (C=O) groups is 1. The van der Waals surface area contributed by atoms with Crippen molar-refractivity contribution in [2.75, 3.05) is 38.1 Å². The van der Waals surface area contributed by atoms with Crippen LogP contribution in [0.2, 0.25) is 0 Å². The number of likely N-dealkylation sites (tertiary alicyclic amines) is 1. The van der Waals surface area contributed by atoms with Gasteiger partial charge in [-0.15, -0.1) is 11.3 Å². The minimum absolute atomic E-state index is 0.410. The molecule has 0 aliphatic carbocycles. The van der Waals surface area contributed by atoms with Gasteiger partial charge >= 0.3 is 5.97 Å². The number of hydrogen-bond acceptors (Lipinski definition) is 4.